The highest BCUT2D eigenvalue weighted by Gasteiger charge is 2.17. The van der Waals surface area contributed by atoms with Crippen LogP contribution >= 0.6 is 0 Å². The third-order valence-electron chi connectivity index (χ3n) is 6.27. The van der Waals surface area contributed by atoms with Gasteiger partial charge in [-0.1, -0.05) is 37.8 Å². The number of allylic oxidation sites excluding steroid dienone is 1. The van der Waals surface area contributed by atoms with E-state index in [1.54, 1.807) is 26.6 Å². The number of hydrogen-bond acceptors (Lipinski definition) is 4. The fraction of sp³-hybridized carbons (Fsp3) is 0.370. The summed E-state index contributed by atoms with van der Waals surface area (Å²) >= 11 is 0. The zero-order valence-corrected chi connectivity index (χ0v) is 19.1. The van der Waals surface area contributed by atoms with Gasteiger partial charge in [0.15, 0.2) is 0 Å². The van der Waals surface area contributed by atoms with Crippen molar-refractivity contribution in [2.45, 2.75) is 51.5 Å². The van der Waals surface area contributed by atoms with E-state index in [-0.39, 0.29) is 11.9 Å². The van der Waals surface area contributed by atoms with Gasteiger partial charge in [-0.15, -0.1) is 0 Å². The predicted octanol–water partition coefficient (Wildman–Crippen LogP) is 6.36. The monoisotopic (exact) mass is 433 g/mol. The van der Waals surface area contributed by atoms with Crippen LogP contribution in [-0.2, 0) is 4.79 Å². The molecule has 1 N–H and O–H groups in total. The lowest BCUT2D eigenvalue weighted by Gasteiger charge is -2.15. The molecule has 32 heavy (non-hydrogen) atoms. The molecule has 1 heterocycles. The second kappa shape index (κ2) is 9.94. The molecule has 1 fully saturated rings. The third kappa shape index (κ3) is 4.82. The average molecular weight is 434 g/mol. The molecule has 0 unspecified atom stereocenters. The molecule has 0 spiro atoms. The first-order valence-electron chi connectivity index (χ1n) is 11.3. The van der Waals surface area contributed by atoms with Crippen molar-refractivity contribution in [2.24, 2.45) is 0 Å². The molecule has 1 aromatic heterocycles. The summed E-state index contributed by atoms with van der Waals surface area (Å²) in [6.45, 7) is 1.95. The van der Waals surface area contributed by atoms with Crippen LogP contribution in [0.2, 0.25) is 0 Å². The van der Waals surface area contributed by atoms with Gasteiger partial charge in [0.05, 0.1) is 20.5 Å². The minimum absolute atomic E-state index is 0.0425. The fourth-order valence-corrected chi connectivity index (χ4v) is 4.47. The number of furan rings is 1. The maximum atomic E-state index is 12.7. The number of benzene rings is 2. The van der Waals surface area contributed by atoms with Crippen molar-refractivity contribution in [3.05, 3.63) is 54.3 Å². The molecule has 1 aliphatic rings. The van der Waals surface area contributed by atoms with E-state index in [9.17, 15) is 4.79 Å². The van der Waals surface area contributed by atoms with E-state index in [1.807, 2.05) is 43.3 Å². The molecule has 3 aromatic rings. The Balaban J connectivity index is 1.64. The van der Waals surface area contributed by atoms with Gasteiger partial charge in [-0.25, -0.2) is 0 Å². The summed E-state index contributed by atoms with van der Waals surface area (Å²) in [4.78, 5) is 12.7. The number of methoxy groups -OCH3 is 2. The number of carbonyl (C=O) groups excluding carboxylic acids is 1. The Morgan fingerprint density at radius 2 is 1.75 bits per heavy atom. The van der Waals surface area contributed by atoms with Crippen LogP contribution in [0.4, 0.5) is 0 Å². The molecule has 0 radical (unpaired) electrons. The zero-order chi connectivity index (χ0) is 22.5. The van der Waals surface area contributed by atoms with Gasteiger partial charge in [0, 0.05) is 34.7 Å². The third-order valence-corrected chi connectivity index (χ3v) is 6.27. The van der Waals surface area contributed by atoms with E-state index in [4.69, 9.17) is 13.9 Å². The van der Waals surface area contributed by atoms with Crippen molar-refractivity contribution in [2.75, 3.05) is 14.2 Å². The molecular formula is C27H31NO4. The SMILES string of the molecule is COc1ccc(-c2coc3cc(OC)c(/C(C)=C/C(=O)NC4CCCCCC4)cc23)cc1. The molecule has 1 aliphatic carbocycles. The van der Waals surface area contributed by atoms with Crippen LogP contribution in [0, 0.1) is 0 Å². The molecule has 0 bridgehead atoms. The van der Waals surface area contributed by atoms with E-state index in [2.05, 4.69) is 5.32 Å². The zero-order valence-electron chi connectivity index (χ0n) is 19.1. The van der Waals surface area contributed by atoms with Crippen molar-refractivity contribution in [1.29, 1.82) is 0 Å². The fourth-order valence-electron chi connectivity index (χ4n) is 4.47. The smallest absolute Gasteiger partial charge is 0.244 e. The standard InChI is InChI=1S/C27H31NO4/c1-18(14-27(29)28-20-8-6-4-5-7-9-20)22-15-23-24(17-32-26(23)16-25(22)31-3)19-10-12-21(30-2)13-11-19/h10-17,20H,4-9H2,1-3H3,(H,28,29)/b18-14+. The van der Waals surface area contributed by atoms with Crippen LogP contribution in [0.1, 0.15) is 51.0 Å². The van der Waals surface area contributed by atoms with E-state index in [0.717, 1.165) is 51.8 Å². The van der Waals surface area contributed by atoms with Crippen LogP contribution in [0.3, 0.4) is 0 Å². The number of fused-ring (bicyclic) bond motifs is 1. The molecular weight excluding hydrogens is 402 g/mol. The summed E-state index contributed by atoms with van der Waals surface area (Å²) in [7, 11) is 3.29. The molecule has 2 aromatic carbocycles. The number of carbonyl (C=O) groups is 1. The van der Waals surface area contributed by atoms with Crippen LogP contribution in [0.5, 0.6) is 11.5 Å². The molecule has 1 saturated carbocycles. The Hall–Kier alpha value is -3.21. The van der Waals surface area contributed by atoms with Gasteiger partial charge in [-0.2, -0.15) is 0 Å². The first-order valence-corrected chi connectivity index (χ1v) is 11.3. The summed E-state index contributed by atoms with van der Waals surface area (Å²) in [5.74, 6) is 1.45. The highest BCUT2D eigenvalue weighted by atomic mass is 16.5. The average Bonchev–Trinajstić information content (AvgIpc) is 3.05. The minimum atomic E-state index is -0.0425. The van der Waals surface area contributed by atoms with Crippen molar-refractivity contribution in [3.8, 4) is 22.6 Å². The summed E-state index contributed by atoms with van der Waals surface area (Å²) in [6, 6.07) is 12.1. The lowest BCUT2D eigenvalue weighted by molar-refractivity contribution is -0.117. The second-order valence-electron chi connectivity index (χ2n) is 8.45. The van der Waals surface area contributed by atoms with Gasteiger partial charge in [0.2, 0.25) is 5.91 Å². The van der Waals surface area contributed by atoms with E-state index in [1.165, 1.54) is 25.7 Å². The maximum absolute atomic E-state index is 12.7. The molecule has 0 aliphatic heterocycles. The summed E-state index contributed by atoms with van der Waals surface area (Å²) in [5, 5.41) is 4.17. The van der Waals surface area contributed by atoms with Crippen molar-refractivity contribution < 1.29 is 18.7 Å². The van der Waals surface area contributed by atoms with Gasteiger partial charge in [0.25, 0.3) is 0 Å². The summed E-state index contributed by atoms with van der Waals surface area (Å²) in [5.41, 5.74) is 4.51. The van der Waals surface area contributed by atoms with Crippen LogP contribution in [0.25, 0.3) is 27.7 Å². The quantitative estimate of drug-likeness (QED) is 0.363. The lowest BCUT2D eigenvalue weighted by atomic mass is 9.99. The van der Waals surface area contributed by atoms with E-state index >= 15 is 0 Å². The number of nitrogens with one attached hydrogen (secondary N) is 1. The van der Waals surface area contributed by atoms with Gasteiger partial charge in [-0.05, 0) is 49.1 Å². The Morgan fingerprint density at radius 1 is 1.03 bits per heavy atom. The highest BCUT2D eigenvalue weighted by Crippen LogP contribution is 2.37. The second-order valence-corrected chi connectivity index (χ2v) is 8.45. The molecule has 0 atom stereocenters. The van der Waals surface area contributed by atoms with Crippen LogP contribution in [-0.4, -0.2) is 26.2 Å². The van der Waals surface area contributed by atoms with Crippen molar-refractivity contribution in [3.63, 3.8) is 0 Å². The van der Waals surface area contributed by atoms with Gasteiger partial charge < -0.3 is 19.2 Å². The van der Waals surface area contributed by atoms with Crippen LogP contribution in [0.15, 0.2) is 53.2 Å². The lowest BCUT2D eigenvalue weighted by Crippen LogP contribution is -2.33. The predicted molar refractivity (Wildman–Crippen MR) is 128 cm³/mol. The molecule has 4 rings (SSSR count). The first-order chi connectivity index (χ1) is 15.6. The maximum Gasteiger partial charge on any atom is 0.244 e. The van der Waals surface area contributed by atoms with Gasteiger partial charge in [-0.3, -0.25) is 4.79 Å². The number of ether oxygens (including phenoxy) is 2. The number of amides is 1. The largest absolute Gasteiger partial charge is 0.497 e. The highest BCUT2D eigenvalue weighted by molar-refractivity contribution is 6.00. The van der Waals surface area contributed by atoms with Crippen LogP contribution < -0.4 is 14.8 Å². The topological polar surface area (TPSA) is 60.7 Å². The first kappa shape index (κ1) is 22.0. The Morgan fingerprint density at radius 3 is 2.41 bits per heavy atom. The summed E-state index contributed by atoms with van der Waals surface area (Å²) < 4.78 is 16.7. The van der Waals surface area contributed by atoms with Crippen molar-refractivity contribution >= 4 is 22.4 Å². The Kier molecular flexibility index (Phi) is 6.84. The normalized spacial score (nSPS) is 15.4. The molecule has 168 valence electrons. The molecule has 1 amide bonds. The minimum Gasteiger partial charge on any atom is -0.497 e. The van der Waals surface area contributed by atoms with E-state index < -0.39 is 0 Å². The van der Waals surface area contributed by atoms with Gasteiger partial charge in [0.1, 0.15) is 17.1 Å². The Bertz CT molecular complexity index is 1100. The molecule has 5 heteroatoms. The van der Waals surface area contributed by atoms with Gasteiger partial charge >= 0.3 is 0 Å². The molecule has 0 saturated heterocycles. The number of rotatable bonds is 6. The van der Waals surface area contributed by atoms with Crippen molar-refractivity contribution in [1.82, 2.24) is 5.32 Å². The molecule has 5 nitrogen and oxygen atoms in total. The summed E-state index contributed by atoms with van der Waals surface area (Å²) in [6.07, 6.45) is 10.5. The van der Waals surface area contributed by atoms with E-state index in [0.29, 0.717) is 5.75 Å². The number of hydrogen-bond donors (Lipinski definition) is 1. The Labute approximate surface area is 189 Å².